The van der Waals surface area contributed by atoms with Crippen molar-refractivity contribution in [1.82, 2.24) is 0 Å². The van der Waals surface area contributed by atoms with Crippen LogP contribution in [0, 0.1) is 5.82 Å². The van der Waals surface area contributed by atoms with E-state index in [9.17, 15) is 9.18 Å². The summed E-state index contributed by atoms with van der Waals surface area (Å²) in [6.07, 6.45) is 0. The zero-order chi connectivity index (χ0) is 10.6. The quantitative estimate of drug-likeness (QED) is 0.706. The van der Waals surface area contributed by atoms with Crippen LogP contribution in [0.1, 0.15) is 11.5 Å². The molecule has 76 valence electrons. The molecule has 0 aliphatic carbocycles. The minimum atomic E-state index is -1.10. The standard InChI is InChI=1S/C9H10FNO3/c10-7-3-1-2-6(4-7)8(5-14-11)9(12)13/h1-4,8H,5,11H2,(H,12,13). The van der Waals surface area contributed by atoms with Gasteiger partial charge in [-0.2, -0.15) is 0 Å². The number of halogens is 1. The molecule has 0 saturated carbocycles. The van der Waals surface area contributed by atoms with E-state index in [-0.39, 0.29) is 6.61 Å². The van der Waals surface area contributed by atoms with Gasteiger partial charge in [0.05, 0.1) is 6.61 Å². The van der Waals surface area contributed by atoms with Gasteiger partial charge in [-0.3, -0.25) is 4.79 Å². The van der Waals surface area contributed by atoms with Crippen LogP contribution < -0.4 is 5.90 Å². The number of nitrogens with two attached hydrogens (primary N) is 1. The van der Waals surface area contributed by atoms with E-state index >= 15 is 0 Å². The maximum absolute atomic E-state index is 12.8. The molecule has 0 fully saturated rings. The molecular weight excluding hydrogens is 189 g/mol. The first kappa shape index (κ1) is 10.6. The molecule has 1 unspecified atom stereocenters. The zero-order valence-electron chi connectivity index (χ0n) is 7.31. The summed E-state index contributed by atoms with van der Waals surface area (Å²) in [4.78, 5) is 15.0. The molecule has 0 spiro atoms. The number of carboxylic acids is 1. The first-order chi connectivity index (χ1) is 6.65. The van der Waals surface area contributed by atoms with Crippen LogP contribution in [0.25, 0.3) is 0 Å². The summed E-state index contributed by atoms with van der Waals surface area (Å²) in [6.45, 7) is -0.182. The van der Waals surface area contributed by atoms with Crippen LogP contribution in [0.3, 0.4) is 0 Å². The van der Waals surface area contributed by atoms with Crippen LogP contribution in [0.5, 0.6) is 0 Å². The van der Waals surface area contributed by atoms with Crippen LogP contribution in [0.4, 0.5) is 4.39 Å². The predicted octanol–water partition coefficient (Wildman–Crippen LogP) is 0.884. The van der Waals surface area contributed by atoms with Crippen molar-refractivity contribution in [2.45, 2.75) is 5.92 Å². The normalized spacial score (nSPS) is 12.4. The Morgan fingerprint density at radius 3 is 2.86 bits per heavy atom. The lowest BCUT2D eigenvalue weighted by atomic mass is 10.0. The van der Waals surface area contributed by atoms with E-state index in [1.807, 2.05) is 0 Å². The van der Waals surface area contributed by atoms with Gasteiger partial charge in [-0.1, -0.05) is 12.1 Å². The van der Waals surface area contributed by atoms with E-state index in [4.69, 9.17) is 11.0 Å². The Balaban J connectivity index is 2.93. The minimum absolute atomic E-state index is 0.182. The SMILES string of the molecule is NOCC(C(=O)O)c1cccc(F)c1. The van der Waals surface area contributed by atoms with Crippen molar-refractivity contribution in [1.29, 1.82) is 0 Å². The molecule has 0 saturated heterocycles. The summed E-state index contributed by atoms with van der Waals surface area (Å²) >= 11 is 0. The fourth-order valence-corrected chi connectivity index (χ4v) is 1.13. The first-order valence-corrected chi connectivity index (χ1v) is 3.95. The molecule has 0 bridgehead atoms. The Kier molecular flexibility index (Phi) is 3.55. The molecule has 0 amide bonds. The topological polar surface area (TPSA) is 72.5 Å². The lowest BCUT2D eigenvalue weighted by Gasteiger charge is -2.10. The molecule has 0 aromatic heterocycles. The van der Waals surface area contributed by atoms with Gasteiger partial charge in [0.25, 0.3) is 0 Å². The van der Waals surface area contributed by atoms with Crippen molar-refractivity contribution < 1.29 is 19.1 Å². The Morgan fingerprint density at radius 2 is 2.36 bits per heavy atom. The molecule has 4 nitrogen and oxygen atoms in total. The molecule has 1 aromatic carbocycles. The minimum Gasteiger partial charge on any atom is -0.481 e. The monoisotopic (exact) mass is 199 g/mol. The maximum atomic E-state index is 12.8. The second-order valence-electron chi connectivity index (χ2n) is 2.78. The number of carbonyl (C=O) groups is 1. The van der Waals surface area contributed by atoms with Gasteiger partial charge in [-0.15, -0.1) is 0 Å². The Morgan fingerprint density at radius 1 is 1.64 bits per heavy atom. The summed E-state index contributed by atoms with van der Waals surface area (Å²) < 4.78 is 12.8. The molecule has 0 heterocycles. The summed E-state index contributed by atoms with van der Waals surface area (Å²) in [5, 5.41) is 8.79. The molecule has 1 aromatic rings. The largest absolute Gasteiger partial charge is 0.481 e. The van der Waals surface area contributed by atoms with Gasteiger partial charge < -0.3 is 9.94 Å². The third-order valence-electron chi connectivity index (χ3n) is 1.81. The molecule has 0 aliphatic rings. The van der Waals surface area contributed by atoms with Gasteiger partial charge in [0.1, 0.15) is 11.7 Å². The average molecular weight is 199 g/mol. The highest BCUT2D eigenvalue weighted by Gasteiger charge is 2.20. The number of hydrogen-bond acceptors (Lipinski definition) is 3. The Bertz CT molecular complexity index is 330. The second kappa shape index (κ2) is 4.69. The average Bonchev–Trinajstić information content (AvgIpc) is 2.13. The van der Waals surface area contributed by atoms with Crippen LogP contribution in [0.2, 0.25) is 0 Å². The van der Waals surface area contributed by atoms with Gasteiger partial charge >= 0.3 is 5.97 Å². The Hall–Kier alpha value is -1.46. The highest BCUT2D eigenvalue weighted by atomic mass is 19.1. The molecule has 3 N–H and O–H groups in total. The van der Waals surface area contributed by atoms with Crippen molar-refractivity contribution in [2.24, 2.45) is 5.90 Å². The van der Waals surface area contributed by atoms with Gasteiger partial charge in [0, 0.05) is 0 Å². The van der Waals surface area contributed by atoms with E-state index in [1.165, 1.54) is 18.2 Å². The zero-order valence-corrected chi connectivity index (χ0v) is 7.31. The summed E-state index contributed by atoms with van der Waals surface area (Å²) in [7, 11) is 0. The molecule has 0 radical (unpaired) electrons. The van der Waals surface area contributed by atoms with Crippen molar-refractivity contribution in [2.75, 3.05) is 6.61 Å². The molecule has 5 heteroatoms. The summed E-state index contributed by atoms with van der Waals surface area (Å²) in [5.41, 5.74) is 0.336. The van der Waals surface area contributed by atoms with E-state index in [0.717, 1.165) is 6.07 Å². The van der Waals surface area contributed by atoms with Gasteiger partial charge in [-0.25, -0.2) is 10.3 Å². The smallest absolute Gasteiger partial charge is 0.313 e. The molecule has 1 atom stereocenters. The molecule has 1 rings (SSSR count). The van der Waals surface area contributed by atoms with Crippen molar-refractivity contribution in [3.63, 3.8) is 0 Å². The first-order valence-electron chi connectivity index (χ1n) is 3.95. The summed E-state index contributed by atoms with van der Waals surface area (Å²) in [5.74, 6) is 2.27. The van der Waals surface area contributed by atoms with E-state index in [0.29, 0.717) is 5.56 Å². The molecule has 14 heavy (non-hydrogen) atoms. The van der Waals surface area contributed by atoms with E-state index < -0.39 is 17.7 Å². The van der Waals surface area contributed by atoms with Crippen LogP contribution in [-0.2, 0) is 9.63 Å². The number of carboxylic acid groups (broad SMARTS) is 1. The van der Waals surface area contributed by atoms with Crippen LogP contribution >= 0.6 is 0 Å². The summed E-state index contributed by atoms with van der Waals surface area (Å²) in [6, 6.07) is 5.35. The van der Waals surface area contributed by atoms with Crippen molar-refractivity contribution in [3.8, 4) is 0 Å². The van der Waals surface area contributed by atoms with Gasteiger partial charge in [0.15, 0.2) is 0 Å². The maximum Gasteiger partial charge on any atom is 0.313 e. The predicted molar refractivity (Wildman–Crippen MR) is 46.9 cm³/mol. The fourth-order valence-electron chi connectivity index (χ4n) is 1.13. The van der Waals surface area contributed by atoms with Gasteiger partial charge in [0.2, 0.25) is 0 Å². The third-order valence-corrected chi connectivity index (χ3v) is 1.81. The number of benzene rings is 1. The highest BCUT2D eigenvalue weighted by molar-refractivity contribution is 5.76. The lowest BCUT2D eigenvalue weighted by molar-refractivity contribution is -0.140. The van der Waals surface area contributed by atoms with Crippen molar-refractivity contribution in [3.05, 3.63) is 35.6 Å². The number of hydrogen-bond donors (Lipinski definition) is 2. The van der Waals surface area contributed by atoms with E-state index in [2.05, 4.69) is 4.84 Å². The number of rotatable bonds is 4. The fraction of sp³-hybridized carbons (Fsp3) is 0.222. The third kappa shape index (κ3) is 2.51. The lowest BCUT2D eigenvalue weighted by Crippen LogP contribution is -2.19. The van der Waals surface area contributed by atoms with Gasteiger partial charge in [-0.05, 0) is 17.7 Å². The molecular formula is C9H10FNO3. The van der Waals surface area contributed by atoms with Crippen LogP contribution in [0.15, 0.2) is 24.3 Å². The highest BCUT2D eigenvalue weighted by Crippen LogP contribution is 2.16. The number of aliphatic carboxylic acids is 1. The van der Waals surface area contributed by atoms with Crippen molar-refractivity contribution >= 4 is 5.97 Å². The molecule has 0 aliphatic heterocycles. The van der Waals surface area contributed by atoms with E-state index in [1.54, 1.807) is 0 Å². The Labute approximate surface area is 80.1 Å². The second-order valence-corrected chi connectivity index (χ2v) is 2.78. The van der Waals surface area contributed by atoms with Crippen LogP contribution in [-0.4, -0.2) is 17.7 Å².